The second kappa shape index (κ2) is 6.93. The van der Waals surface area contributed by atoms with Gasteiger partial charge in [-0.3, -0.25) is 4.79 Å². The van der Waals surface area contributed by atoms with Crippen LogP contribution in [-0.2, 0) is 10.0 Å². The molecule has 1 saturated carbocycles. The zero-order valence-electron chi connectivity index (χ0n) is 16.1. The molecule has 0 bridgehead atoms. The van der Waals surface area contributed by atoms with Crippen LogP contribution in [0.1, 0.15) is 36.0 Å². The van der Waals surface area contributed by atoms with E-state index in [0.717, 1.165) is 32.2 Å². The number of aromatic amines is 2. The molecule has 1 aliphatic carbocycles. The van der Waals surface area contributed by atoms with E-state index >= 15 is 0 Å². The maximum atomic E-state index is 13.5. The van der Waals surface area contributed by atoms with Crippen molar-refractivity contribution >= 4 is 37.8 Å². The molecule has 0 unspecified atom stereocenters. The zero-order chi connectivity index (χ0) is 21.0. The Bertz CT molecular complexity index is 1320. The van der Waals surface area contributed by atoms with Gasteiger partial charge in [0, 0.05) is 41.1 Å². The Balaban J connectivity index is 1.65. The Hall–Kier alpha value is -2.69. The minimum absolute atomic E-state index is 0.00513. The van der Waals surface area contributed by atoms with E-state index in [0.29, 0.717) is 17.4 Å². The highest BCUT2D eigenvalue weighted by atomic mass is 32.2. The molecule has 3 aromatic rings. The van der Waals surface area contributed by atoms with Gasteiger partial charge in [0.25, 0.3) is 5.56 Å². The highest BCUT2D eigenvalue weighted by Crippen LogP contribution is 2.34. The molecular weight excluding hydrogens is 408 g/mol. The summed E-state index contributed by atoms with van der Waals surface area (Å²) in [5.41, 5.74) is -0.00925. The predicted molar refractivity (Wildman–Crippen MR) is 111 cm³/mol. The molecule has 0 amide bonds. The molecule has 10 heteroatoms. The van der Waals surface area contributed by atoms with Gasteiger partial charge >= 0.3 is 5.97 Å². The number of aromatic carboxylic acids is 1. The topological polar surface area (TPSA) is 135 Å². The van der Waals surface area contributed by atoms with Crippen LogP contribution in [0.3, 0.4) is 0 Å². The van der Waals surface area contributed by atoms with Crippen LogP contribution in [0, 0.1) is 0 Å². The smallest absolute Gasteiger partial charge is 0.337 e. The van der Waals surface area contributed by atoms with Crippen LogP contribution in [0.2, 0.25) is 0 Å². The lowest BCUT2D eigenvalue weighted by atomic mass is 10.1. The van der Waals surface area contributed by atoms with Crippen molar-refractivity contribution in [1.82, 2.24) is 19.6 Å². The number of fused-ring (bicyclic) bond motifs is 3. The maximum Gasteiger partial charge on any atom is 0.337 e. The van der Waals surface area contributed by atoms with Crippen molar-refractivity contribution in [3.8, 4) is 0 Å². The lowest BCUT2D eigenvalue weighted by molar-refractivity contribution is 0.0699. The lowest BCUT2D eigenvalue weighted by Gasteiger charge is -2.25. The Kier molecular flexibility index (Phi) is 4.46. The van der Waals surface area contributed by atoms with Crippen LogP contribution < -0.4 is 10.9 Å². The summed E-state index contributed by atoms with van der Waals surface area (Å²) in [6.07, 6.45) is 4.93. The van der Waals surface area contributed by atoms with E-state index in [2.05, 4.69) is 15.3 Å². The first-order valence-corrected chi connectivity index (χ1v) is 11.5. The summed E-state index contributed by atoms with van der Waals surface area (Å²) in [6.45, 7) is 1.33. The highest BCUT2D eigenvalue weighted by molar-refractivity contribution is 7.89. The summed E-state index contributed by atoms with van der Waals surface area (Å²) in [5.74, 6) is -1.19. The molecule has 3 heterocycles. The van der Waals surface area contributed by atoms with E-state index < -0.39 is 21.6 Å². The van der Waals surface area contributed by atoms with E-state index in [1.807, 2.05) is 0 Å². The number of sulfonamides is 1. The number of carboxylic acid groups (broad SMARTS) is 1. The number of hydrogen-bond donors (Lipinski definition) is 4. The van der Waals surface area contributed by atoms with Crippen LogP contribution in [0.15, 0.2) is 34.1 Å². The van der Waals surface area contributed by atoms with E-state index in [1.165, 1.54) is 24.4 Å². The van der Waals surface area contributed by atoms with Crippen LogP contribution in [0.4, 0.5) is 0 Å². The molecule has 158 valence electrons. The molecule has 4 N–H and O–H groups in total. The number of carbonyl (C=O) groups is 1. The van der Waals surface area contributed by atoms with Crippen molar-refractivity contribution in [3.63, 3.8) is 0 Å². The van der Waals surface area contributed by atoms with Gasteiger partial charge in [-0.15, -0.1) is 0 Å². The molecule has 30 heavy (non-hydrogen) atoms. The van der Waals surface area contributed by atoms with Gasteiger partial charge in [0.05, 0.1) is 10.5 Å². The normalized spacial score (nSPS) is 19.8. The fourth-order valence-corrected chi connectivity index (χ4v) is 6.06. The van der Waals surface area contributed by atoms with Gasteiger partial charge in [0.1, 0.15) is 5.52 Å². The third kappa shape index (κ3) is 3.11. The summed E-state index contributed by atoms with van der Waals surface area (Å²) in [4.78, 5) is 29.4. The van der Waals surface area contributed by atoms with Crippen LogP contribution in [0.5, 0.6) is 0 Å². The van der Waals surface area contributed by atoms with Gasteiger partial charge in [-0.05, 0) is 50.4 Å². The molecule has 1 atom stereocenters. The van der Waals surface area contributed by atoms with Crippen LogP contribution in [0.25, 0.3) is 21.8 Å². The maximum absolute atomic E-state index is 13.5. The number of nitrogens with one attached hydrogen (secondary N) is 3. The van der Waals surface area contributed by atoms with E-state index in [4.69, 9.17) is 0 Å². The molecule has 0 spiro atoms. The van der Waals surface area contributed by atoms with Crippen LogP contribution >= 0.6 is 0 Å². The lowest BCUT2D eigenvalue weighted by Crippen LogP contribution is -2.42. The molecule has 2 fully saturated rings. The first kappa shape index (κ1) is 19.3. The Morgan fingerprint density at radius 1 is 1.23 bits per heavy atom. The van der Waals surface area contributed by atoms with Crippen molar-refractivity contribution in [2.75, 3.05) is 13.1 Å². The number of rotatable bonds is 6. The standard InChI is InChI=1S/C20H22N4O5S/c25-19-18-17(15(9-22-18)20(26)27)14-8-13(5-6-16(14)23-19)30(28,29)24(12-3-4-12)10-11-2-1-7-21-11/h5-6,8-9,11-12,21-22H,1-4,7,10H2,(H,23,25)(H,26,27)/t11-/m0/s1. The summed E-state index contributed by atoms with van der Waals surface area (Å²) in [7, 11) is -3.77. The quantitative estimate of drug-likeness (QED) is 0.469. The molecule has 0 radical (unpaired) electrons. The SMILES string of the molecule is O=C(O)c1c[nH]c2c(=O)[nH]c3ccc(S(=O)(=O)N(C[C@@H]4CCCN4)C4CC4)cc3c12. The zero-order valence-corrected chi connectivity index (χ0v) is 17.0. The Morgan fingerprint density at radius 3 is 2.70 bits per heavy atom. The molecule has 1 aromatic carbocycles. The van der Waals surface area contributed by atoms with Gasteiger partial charge in [-0.1, -0.05) is 0 Å². The van der Waals surface area contributed by atoms with Crippen molar-refractivity contribution in [3.05, 3.63) is 40.3 Å². The van der Waals surface area contributed by atoms with E-state index in [-0.39, 0.29) is 33.4 Å². The average molecular weight is 430 g/mol. The molecule has 9 nitrogen and oxygen atoms in total. The van der Waals surface area contributed by atoms with E-state index in [9.17, 15) is 23.1 Å². The summed E-state index contributed by atoms with van der Waals surface area (Å²) in [5, 5.41) is 13.5. The largest absolute Gasteiger partial charge is 0.478 e. The second-order valence-electron chi connectivity index (χ2n) is 8.02. The van der Waals surface area contributed by atoms with Crippen molar-refractivity contribution < 1.29 is 18.3 Å². The Morgan fingerprint density at radius 2 is 2.03 bits per heavy atom. The minimum Gasteiger partial charge on any atom is -0.478 e. The van der Waals surface area contributed by atoms with Gasteiger partial charge in [0.15, 0.2) is 0 Å². The number of aromatic nitrogens is 2. The third-order valence-electron chi connectivity index (χ3n) is 5.97. The number of H-pyrrole nitrogens is 2. The average Bonchev–Trinajstić information content (AvgIpc) is 3.22. The Labute approximate surface area is 172 Å². The fourth-order valence-electron chi connectivity index (χ4n) is 4.31. The number of hydrogen-bond acceptors (Lipinski definition) is 5. The second-order valence-corrected chi connectivity index (χ2v) is 9.91. The molecule has 2 aliphatic rings. The number of pyridine rings is 1. The third-order valence-corrected chi connectivity index (χ3v) is 7.88. The first-order valence-electron chi connectivity index (χ1n) is 10.0. The van der Waals surface area contributed by atoms with Gasteiger partial charge in [-0.2, -0.15) is 4.31 Å². The number of carboxylic acids is 1. The monoisotopic (exact) mass is 430 g/mol. The van der Waals surface area contributed by atoms with Gasteiger partial charge in [-0.25, -0.2) is 13.2 Å². The summed E-state index contributed by atoms with van der Waals surface area (Å²) in [6, 6.07) is 4.63. The molecule has 5 rings (SSSR count). The predicted octanol–water partition coefficient (Wildman–Crippen LogP) is 1.61. The van der Waals surface area contributed by atoms with Crippen molar-refractivity contribution in [2.45, 2.75) is 42.7 Å². The number of nitrogens with zero attached hydrogens (tertiary/aromatic N) is 1. The van der Waals surface area contributed by atoms with Crippen molar-refractivity contribution in [2.24, 2.45) is 0 Å². The molecule has 2 aromatic heterocycles. The highest BCUT2D eigenvalue weighted by Gasteiger charge is 2.39. The molecule has 1 aliphatic heterocycles. The number of benzene rings is 1. The summed E-state index contributed by atoms with van der Waals surface area (Å²) < 4.78 is 28.6. The molecular formula is C20H22N4O5S. The summed E-state index contributed by atoms with van der Waals surface area (Å²) >= 11 is 0. The minimum atomic E-state index is -3.77. The van der Waals surface area contributed by atoms with Crippen LogP contribution in [-0.4, -0.2) is 58.9 Å². The fraction of sp³-hybridized carbons (Fsp3) is 0.400. The first-order chi connectivity index (χ1) is 14.4. The van der Waals surface area contributed by atoms with Gasteiger partial charge < -0.3 is 20.4 Å². The van der Waals surface area contributed by atoms with Crippen molar-refractivity contribution in [1.29, 1.82) is 0 Å². The molecule has 1 saturated heterocycles. The van der Waals surface area contributed by atoms with E-state index in [1.54, 1.807) is 4.31 Å². The van der Waals surface area contributed by atoms with Gasteiger partial charge in [0.2, 0.25) is 10.0 Å².